The Bertz CT molecular complexity index is 1050. The lowest BCUT2D eigenvalue weighted by Gasteiger charge is -2.35. The van der Waals surface area contributed by atoms with Crippen molar-refractivity contribution in [2.75, 3.05) is 33.3 Å². The van der Waals surface area contributed by atoms with Crippen molar-refractivity contribution in [3.8, 4) is 5.75 Å². The summed E-state index contributed by atoms with van der Waals surface area (Å²) in [6, 6.07) is 20.5. The molecule has 4 rings (SSSR count). The number of methoxy groups -OCH3 is 1. The van der Waals surface area contributed by atoms with Crippen molar-refractivity contribution >= 4 is 23.6 Å². The second-order valence-electron chi connectivity index (χ2n) is 7.11. The van der Waals surface area contributed by atoms with Crippen LogP contribution in [0.4, 0.5) is 0 Å². The molecule has 2 amide bonds. The van der Waals surface area contributed by atoms with Gasteiger partial charge in [-0.15, -0.1) is 0 Å². The van der Waals surface area contributed by atoms with Gasteiger partial charge in [-0.3, -0.25) is 9.59 Å². The van der Waals surface area contributed by atoms with Crippen LogP contribution in [0.1, 0.15) is 20.7 Å². The van der Waals surface area contributed by atoms with E-state index in [0.29, 0.717) is 43.1 Å². The molecule has 3 aromatic rings. The molecule has 2 heterocycles. The molecule has 0 saturated carbocycles. The standard InChI is InChI=1S/C24H23N3O3S/c1-30-20-6-4-5-19(17-20)24(29)27-15-13-26(14-16-27)23(28)18-8-10-21(11-9-18)31-22-7-2-3-12-25-22/h2-12,17H,13-16H2,1H3. The number of benzene rings is 2. The molecule has 31 heavy (non-hydrogen) atoms. The summed E-state index contributed by atoms with van der Waals surface area (Å²) in [6.45, 7) is 2.04. The lowest BCUT2D eigenvalue weighted by Crippen LogP contribution is -2.50. The van der Waals surface area contributed by atoms with Gasteiger partial charge in [0, 0.05) is 48.4 Å². The molecule has 0 unspecified atom stereocenters. The molecule has 2 aromatic carbocycles. The van der Waals surface area contributed by atoms with Gasteiger partial charge in [0.05, 0.1) is 7.11 Å². The molecule has 0 bridgehead atoms. The van der Waals surface area contributed by atoms with Gasteiger partial charge in [-0.05, 0) is 54.6 Å². The fourth-order valence-electron chi connectivity index (χ4n) is 3.43. The average Bonchev–Trinajstić information content (AvgIpc) is 2.84. The first-order chi connectivity index (χ1) is 15.1. The third-order valence-electron chi connectivity index (χ3n) is 5.13. The van der Waals surface area contributed by atoms with Crippen molar-refractivity contribution in [3.63, 3.8) is 0 Å². The first-order valence-corrected chi connectivity index (χ1v) is 10.9. The van der Waals surface area contributed by atoms with Gasteiger partial charge in [0.1, 0.15) is 10.8 Å². The topological polar surface area (TPSA) is 62.7 Å². The zero-order chi connectivity index (χ0) is 21.6. The summed E-state index contributed by atoms with van der Waals surface area (Å²) >= 11 is 1.56. The Hall–Kier alpha value is -3.32. The largest absolute Gasteiger partial charge is 0.497 e. The molecule has 1 aliphatic rings. The van der Waals surface area contributed by atoms with Crippen LogP contribution < -0.4 is 4.74 Å². The Kier molecular flexibility index (Phi) is 6.52. The Balaban J connectivity index is 1.34. The quantitative estimate of drug-likeness (QED) is 0.612. The first-order valence-electron chi connectivity index (χ1n) is 10.1. The van der Waals surface area contributed by atoms with Crippen LogP contribution in [0.5, 0.6) is 5.75 Å². The molecule has 7 heteroatoms. The zero-order valence-corrected chi connectivity index (χ0v) is 18.0. The van der Waals surface area contributed by atoms with E-state index >= 15 is 0 Å². The lowest BCUT2D eigenvalue weighted by atomic mass is 10.1. The van der Waals surface area contributed by atoms with Crippen LogP contribution in [0.3, 0.4) is 0 Å². The van der Waals surface area contributed by atoms with Crippen LogP contribution in [-0.4, -0.2) is 59.9 Å². The number of nitrogens with zero attached hydrogens (tertiary/aromatic N) is 3. The third-order valence-corrected chi connectivity index (χ3v) is 6.09. The summed E-state index contributed by atoms with van der Waals surface area (Å²) in [6.07, 6.45) is 1.76. The van der Waals surface area contributed by atoms with Crippen LogP contribution in [-0.2, 0) is 0 Å². The number of pyridine rings is 1. The minimum Gasteiger partial charge on any atom is -0.497 e. The predicted octanol–water partition coefficient (Wildman–Crippen LogP) is 3.84. The monoisotopic (exact) mass is 433 g/mol. The van der Waals surface area contributed by atoms with Crippen molar-refractivity contribution < 1.29 is 14.3 Å². The second kappa shape index (κ2) is 9.66. The van der Waals surface area contributed by atoms with Gasteiger partial charge in [-0.1, -0.05) is 23.9 Å². The molecule has 1 saturated heterocycles. The molecule has 0 radical (unpaired) electrons. The van der Waals surface area contributed by atoms with Crippen molar-refractivity contribution in [3.05, 3.63) is 84.1 Å². The summed E-state index contributed by atoms with van der Waals surface area (Å²) in [7, 11) is 1.58. The number of hydrogen-bond donors (Lipinski definition) is 0. The maximum absolute atomic E-state index is 12.9. The third kappa shape index (κ3) is 5.06. The molecule has 0 aliphatic carbocycles. The smallest absolute Gasteiger partial charge is 0.254 e. The number of carbonyl (C=O) groups is 2. The summed E-state index contributed by atoms with van der Waals surface area (Å²) in [4.78, 5) is 34.6. The molecule has 0 N–H and O–H groups in total. The van der Waals surface area contributed by atoms with Crippen LogP contribution >= 0.6 is 11.8 Å². The fraction of sp³-hybridized carbons (Fsp3) is 0.208. The Morgan fingerprint density at radius 1 is 0.839 bits per heavy atom. The van der Waals surface area contributed by atoms with Crippen LogP contribution in [0.25, 0.3) is 0 Å². The Labute approximate surface area is 185 Å². The summed E-state index contributed by atoms with van der Waals surface area (Å²) in [5, 5.41) is 0.915. The number of piperazine rings is 1. The molecule has 1 aromatic heterocycles. The number of hydrogen-bond acceptors (Lipinski definition) is 5. The van der Waals surface area contributed by atoms with Crippen molar-refractivity contribution in [1.29, 1.82) is 0 Å². The molecule has 1 aliphatic heterocycles. The highest BCUT2D eigenvalue weighted by molar-refractivity contribution is 7.99. The van der Waals surface area contributed by atoms with E-state index in [1.807, 2.05) is 54.6 Å². The summed E-state index contributed by atoms with van der Waals surface area (Å²) in [5.41, 5.74) is 1.25. The molecule has 0 atom stereocenters. The van der Waals surface area contributed by atoms with Crippen molar-refractivity contribution in [1.82, 2.24) is 14.8 Å². The van der Waals surface area contributed by atoms with E-state index in [0.717, 1.165) is 9.92 Å². The van der Waals surface area contributed by atoms with E-state index in [4.69, 9.17) is 4.74 Å². The van der Waals surface area contributed by atoms with Gasteiger partial charge in [0.2, 0.25) is 0 Å². The SMILES string of the molecule is COc1cccc(C(=O)N2CCN(C(=O)c3ccc(Sc4ccccn4)cc3)CC2)c1. The highest BCUT2D eigenvalue weighted by atomic mass is 32.2. The van der Waals surface area contributed by atoms with Gasteiger partial charge in [-0.2, -0.15) is 0 Å². The molecular formula is C24H23N3O3S. The molecule has 0 spiro atoms. The zero-order valence-electron chi connectivity index (χ0n) is 17.2. The minimum atomic E-state index is -0.0399. The van der Waals surface area contributed by atoms with Gasteiger partial charge in [-0.25, -0.2) is 4.98 Å². The lowest BCUT2D eigenvalue weighted by molar-refractivity contribution is 0.0535. The summed E-state index contributed by atoms with van der Waals surface area (Å²) in [5.74, 6) is 0.606. The van der Waals surface area contributed by atoms with Crippen molar-refractivity contribution in [2.24, 2.45) is 0 Å². The molecule has 1 fully saturated rings. The summed E-state index contributed by atoms with van der Waals surface area (Å²) < 4.78 is 5.20. The first kappa shape index (κ1) is 20.9. The van der Waals surface area contributed by atoms with Gasteiger partial charge >= 0.3 is 0 Å². The molecule has 6 nitrogen and oxygen atoms in total. The van der Waals surface area contributed by atoms with E-state index in [-0.39, 0.29) is 11.8 Å². The maximum Gasteiger partial charge on any atom is 0.254 e. The van der Waals surface area contributed by atoms with Crippen LogP contribution in [0, 0.1) is 0 Å². The van der Waals surface area contributed by atoms with Crippen molar-refractivity contribution in [2.45, 2.75) is 9.92 Å². The highest BCUT2D eigenvalue weighted by Gasteiger charge is 2.25. The number of amides is 2. The van der Waals surface area contributed by atoms with Gasteiger partial charge in [0.25, 0.3) is 11.8 Å². The minimum absolute atomic E-state index is 0.0112. The number of rotatable bonds is 5. The number of aromatic nitrogens is 1. The maximum atomic E-state index is 12.9. The van der Waals surface area contributed by atoms with E-state index in [2.05, 4.69) is 4.98 Å². The Morgan fingerprint density at radius 3 is 2.13 bits per heavy atom. The second-order valence-corrected chi connectivity index (χ2v) is 8.20. The fourth-order valence-corrected chi connectivity index (χ4v) is 4.20. The van der Waals surface area contributed by atoms with Gasteiger partial charge < -0.3 is 14.5 Å². The number of ether oxygens (including phenoxy) is 1. The van der Waals surface area contributed by atoms with E-state index < -0.39 is 0 Å². The highest BCUT2D eigenvalue weighted by Crippen LogP contribution is 2.26. The average molecular weight is 434 g/mol. The van der Waals surface area contributed by atoms with Crippen LogP contribution in [0.15, 0.2) is 82.8 Å². The van der Waals surface area contributed by atoms with Gasteiger partial charge in [0.15, 0.2) is 0 Å². The number of carbonyl (C=O) groups excluding carboxylic acids is 2. The normalized spacial score (nSPS) is 13.7. The predicted molar refractivity (Wildman–Crippen MR) is 120 cm³/mol. The Morgan fingerprint density at radius 2 is 1.52 bits per heavy atom. The van der Waals surface area contributed by atoms with E-state index in [9.17, 15) is 9.59 Å². The van der Waals surface area contributed by atoms with E-state index in [1.54, 1.807) is 47.0 Å². The molecule has 158 valence electrons. The van der Waals surface area contributed by atoms with E-state index in [1.165, 1.54) is 0 Å². The molecular weight excluding hydrogens is 410 g/mol. The van der Waals surface area contributed by atoms with Crippen LogP contribution in [0.2, 0.25) is 0 Å².